The maximum absolute atomic E-state index is 12.6. The molecule has 0 aliphatic carbocycles. The third kappa shape index (κ3) is 4.06. The fourth-order valence-corrected chi connectivity index (χ4v) is 4.14. The van der Waals surface area contributed by atoms with Gasteiger partial charge < -0.3 is 9.80 Å². The average molecular weight is 379 g/mol. The number of para-hydroxylation sites is 2. The van der Waals surface area contributed by atoms with E-state index in [1.807, 2.05) is 42.2 Å². The summed E-state index contributed by atoms with van der Waals surface area (Å²) >= 11 is 1.42. The van der Waals surface area contributed by atoms with Crippen molar-refractivity contribution in [2.45, 2.75) is 12.1 Å². The number of hydrogen-bond donors (Lipinski definition) is 0. The van der Waals surface area contributed by atoms with Crippen LogP contribution >= 0.6 is 11.8 Å². The van der Waals surface area contributed by atoms with Gasteiger partial charge in [0, 0.05) is 42.9 Å². The number of hydrogen-bond acceptors (Lipinski definition) is 5. The third-order valence-corrected chi connectivity index (χ3v) is 5.68. The molecule has 0 N–H and O–H groups in total. The van der Waals surface area contributed by atoms with Gasteiger partial charge in [0.1, 0.15) is 0 Å². The summed E-state index contributed by atoms with van der Waals surface area (Å²) in [5.41, 5.74) is 3.10. The van der Waals surface area contributed by atoms with Crippen LogP contribution in [0.25, 0.3) is 10.9 Å². The quantitative estimate of drug-likeness (QED) is 0.515. The van der Waals surface area contributed by atoms with Crippen molar-refractivity contribution in [3.63, 3.8) is 0 Å². The van der Waals surface area contributed by atoms with Crippen LogP contribution in [-0.4, -0.2) is 52.7 Å². The lowest BCUT2D eigenvalue weighted by molar-refractivity contribution is -0.128. The average Bonchev–Trinajstić information content (AvgIpc) is 2.73. The maximum atomic E-state index is 12.6. The van der Waals surface area contributed by atoms with Crippen molar-refractivity contribution in [1.82, 2.24) is 14.9 Å². The molecule has 1 aliphatic heterocycles. The van der Waals surface area contributed by atoms with Crippen molar-refractivity contribution < 1.29 is 4.79 Å². The molecule has 2 aromatic carbocycles. The number of nitrogens with zero attached hydrogens (tertiary/aromatic N) is 4. The molecule has 0 radical (unpaired) electrons. The van der Waals surface area contributed by atoms with Crippen LogP contribution in [0, 0.1) is 6.92 Å². The second-order valence-corrected chi connectivity index (χ2v) is 7.54. The van der Waals surface area contributed by atoms with Crippen LogP contribution in [0.15, 0.2) is 59.8 Å². The first-order chi connectivity index (χ1) is 13.2. The largest absolute Gasteiger partial charge is 0.368 e. The van der Waals surface area contributed by atoms with E-state index in [9.17, 15) is 4.79 Å². The summed E-state index contributed by atoms with van der Waals surface area (Å²) in [6.45, 7) is 5.23. The first-order valence-electron chi connectivity index (χ1n) is 9.15. The fourth-order valence-electron chi connectivity index (χ4n) is 3.34. The second-order valence-electron chi connectivity index (χ2n) is 6.60. The molecule has 0 spiro atoms. The predicted octanol–water partition coefficient (Wildman–Crippen LogP) is 3.38. The zero-order chi connectivity index (χ0) is 18.6. The Morgan fingerprint density at radius 2 is 1.67 bits per heavy atom. The lowest BCUT2D eigenvalue weighted by Crippen LogP contribution is -2.49. The SMILES string of the molecule is Cc1nc(SCC(=O)N2CCN(c3ccccc3)CC2)nc2ccccc12. The Hall–Kier alpha value is -2.60. The molecule has 1 aliphatic rings. The zero-order valence-electron chi connectivity index (χ0n) is 15.3. The first-order valence-corrected chi connectivity index (χ1v) is 10.1. The molecular weight excluding hydrogens is 356 g/mol. The van der Waals surface area contributed by atoms with Crippen LogP contribution in [0.4, 0.5) is 5.69 Å². The number of fused-ring (bicyclic) bond motifs is 1. The van der Waals surface area contributed by atoms with Gasteiger partial charge in [-0.05, 0) is 25.1 Å². The molecule has 0 unspecified atom stereocenters. The molecule has 27 heavy (non-hydrogen) atoms. The van der Waals surface area contributed by atoms with Crippen LogP contribution in [-0.2, 0) is 4.79 Å². The van der Waals surface area contributed by atoms with Crippen LogP contribution in [0.5, 0.6) is 0 Å². The molecule has 0 bridgehead atoms. The highest BCUT2D eigenvalue weighted by Gasteiger charge is 2.21. The van der Waals surface area contributed by atoms with Crippen molar-refractivity contribution >= 4 is 34.3 Å². The molecule has 0 saturated carbocycles. The van der Waals surface area contributed by atoms with E-state index in [0.717, 1.165) is 42.8 Å². The topological polar surface area (TPSA) is 49.3 Å². The molecule has 0 atom stereocenters. The lowest BCUT2D eigenvalue weighted by Gasteiger charge is -2.36. The van der Waals surface area contributed by atoms with E-state index in [-0.39, 0.29) is 5.91 Å². The number of benzene rings is 2. The highest BCUT2D eigenvalue weighted by Crippen LogP contribution is 2.21. The van der Waals surface area contributed by atoms with Crippen molar-refractivity contribution in [2.75, 3.05) is 36.8 Å². The Morgan fingerprint density at radius 3 is 2.44 bits per heavy atom. The Balaban J connectivity index is 1.34. The highest BCUT2D eigenvalue weighted by atomic mass is 32.2. The van der Waals surface area contributed by atoms with E-state index in [2.05, 4.69) is 39.1 Å². The van der Waals surface area contributed by atoms with Crippen molar-refractivity contribution in [3.8, 4) is 0 Å². The molecule has 5 nitrogen and oxygen atoms in total. The number of amides is 1. The summed E-state index contributed by atoms with van der Waals surface area (Å²) in [5.74, 6) is 0.533. The number of carbonyl (C=O) groups is 1. The lowest BCUT2D eigenvalue weighted by atomic mass is 10.2. The van der Waals surface area contributed by atoms with Gasteiger partial charge in [-0.3, -0.25) is 4.79 Å². The van der Waals surface area contributed by atoms with Gasteiger partial charge in [0.25, 0.3) is 0 Å². The highest BCUT2D eigenvalue weighted by molar-refractivity contribution is 7.99. The maximum Gasteiger partial charge on any atom is 0.233 e. The molecule has 1 fully saturated rings. The van der Waals surface area contributed by atoms with Crippen LogP contribution in [0.3, 0.4) is 0 Å². The van der Waals surface area contributed by atoms with E-state index < -0.39 is 0 Å². The van der Waals surface area contributed by atoms with Gasteiger partial charge in [-0.25, -0.2) is 9.97 Å². The standard InChI is InChI=1S/C21H22N4OS/c1-16-18-9-5-6-10-19(18)23-21(22-16)27-15-20(26)25-13-11-24(12-14-25)17-7-3-2-4-8-17/h2-10H,11-15H2,1H3. The normalized spacial score (nSPS) is 14.6. The number of anilines is 1. The zero-order valence-corrected chi connectivity index (χ0v) is 16.2. The molecule has 3 aromatic rings. The molecule has 1 saturated heterocycles. The fraction of sp³-hybridized carbons (Fsp3) is 0.286. The number of aromatic nitrogens is 2. The summed E-state index contributed by atoms with van der Waals surface area (Å²) in [4.78, 5) is 26.0. The van der Waals surface area contributed by atoms with E-state index in [4.69, 9.17) is 0 Å². The van der Waals surface area contributed by atoms with Gasteiger partial charge in [0.2, 0.25) is 5.91 Å². The molecule has 1 amide bonds. The molecule has 1 aromatic heterocycles. The summed E-state index contributed by atoms with van der Waals surface area (Å²) < 4.78 is 0. The third-order valence-electron chi connectivity index (χ3n) is 4.85. The second kappa shape index (κ2) is 7.96. The first kappa shape index (κ1) is 17.8. The Labute approximate surface area is 163 Å². The van der Waals surface area contributed by atoms with Gasteiger partial charge in [0.05, 0.1) is 11.3 Å². The molecule has 138 valence electrons. The van der Waals surface area contributed by atoms with E-state index in [1.54, 1.807) is 0 Å². The van der Waals surface area contributed by atoms with Gasteiger partial charge in [-0.15, -0.1) is 0 Å². The van der Waals surface area contributed by atoms with Crippen molar-refractivity contribution in [2.24, 2.45) is 0 Å². The molecular formula is C21H22N4OS. The number of aryl methyl sites for hydroxylation is 1. The minimum absolute atomic E-state index is 0.155. The van der Waals surface area contributed by atoms with Crippen LogP contribution in [0.1, 0.15) is 5.69 Å². The Morgan fingerprint density at radius 1 is 0.963 bits per heavy atom. The molecule has 6 heteroatoms. The smallest absolute Gasteiger partial charge is 0.233 e. The number of carbonyl (C=O) groups excluding carboxylic acids is 1. The monoisotopic (exact) mass is 378 g/mol. The predicted molar refractivity (Wildman–Crippen MR) is 110 cm³/mol. The van der Waals surface area contributed by atoms with Gasteiger partial charge in [-0.1, -0.05) is 48.2 Å². The number of piperazine rings is 1. The molecule has 4 rings (SSSR count). The van der Waals surface area contributed by atoms with E-state index in [0.29, 0.717) is 10.9 Å². The van der Waals surface area contributed by atoms with Crippen LogP contribution < -0.4 is 4.90 Å². The van der Waals surface area contributed by atoms with Gasteiger partial charge in [0.15, 0.2) is 5.16 Å². The summed E-state index contributed by atoms with van der Waals surface area (Å²) in [6.07, 6.45) is 0. The van der Waals surface area contributed by atoms with Crippen molar-refractivity contribution in [1.29, 1.82) is 0 Å². The Kier molecular flexibility index (Phi) is 5.25. The molecule has 2 heterocycles. The van der Waals surface area contributed by atoms with Gasteiger partial charge in [-0.2, -0.15) is 0 Å². The number of thioether (sulfide) groups is 1. The van der Waals surface area contributed by atoms with E-state index in [1.165, 1.54) is 17.4 Å². The summed E-state index contributed by atoms with van der Waals surface area (Å²) in [5, 5.41) is 1.73. The van der Waals surface area contributed by atoms with E-state index >= 15 is 0 Å². The summed E-state index contributed by atoms with van der Waals surface area (Å²) in [7, 11) is 0. The van der Waals surface area contributed by atoms with Crippen LogP contribution in [0.2, 0.25) is 0 Å². The Bertz CT molecular complexity index is 939. The minimum atomic E-state index is 0.155. The number of rotatable bonds is 4. The summed E-state index contributed by atoms with van der Waals surface area (Å²) in [6, 6.07) is 18.3. The van der Waals surface area contributed by atoms with Crippen molar-refractivity contribution in [3.05, 3.63) is 60.3 Å². The minimum Gasteiger partial charge on any atom is -0.368 e. The van der Waals surface area contributed by atoms with Gasteiger partial charge >= 0.3 is 0 Å².